The molecule has 0 saturated carbocycles. The molecule has 0 aliphatic carbocycles. The number of nitrogens with zero attached hydrogens (tertiary/aromatic N) is 4. The molecule has 3 rings (SSSR count). The molecule has 10 heteroatoms. The Bertz CT molecular complexity index is 1030. The number of benzene rings is 1. The van der Waals surface area contributed by atoms with E-state index in [9.17, 15) is 13.2 Å². The third-order valence-corrected chi connectivity index (χ3v) is 4.06. The van der Waals surface area contributed by atoms with E-state index in [0.717, 1.165) is 6.26 Å². The Labute approximate surface area is 143 Å². The van der Waals surface area contributed by atoms with Crippen LogP contribution in [0.3, 0.4) is 0 Å². The van der Waals surface area contributed by atoms with Crippen LogP contribution in [0.25, 0.3) is 5.65 Å². The number of carbonyl (C=O) groups excluding carboxylic acids is 1. The van der Waals surface area contributed by atoms with E-state index in [1.165, 1.54) is 16.9 Å². The monoisotopic (exact) mass is 361 g/mol. The second-order valence-electron chi connectivity index (χ2n) is 5.13. The van der Waals surface area contributed by atoms with Crippen molar-refractivity contribution in [2.75, 3.05) is 18.2 Å². The number of aromatic nitrogens is 4. The summed E-state index contributed by atoms with van der Waals surface area (Å²) in [4.78, 5) is 19.8. The zero-order valence-electron chi connectivity index (χ0n) is 13.5. The Morgan fingerprint density at radius 1 is 1.28 bits per heavy atom. The first-order valence-corrected chi connectivity index (χ1v) is 9.23. The summed E-state index contributed by atoms with van der Waals surface area (Å²) >= 11 is 0. The Kier molecular flexibility index (Phi) is 4.36. The fourth-order valence-electron chi connectivity index (χ4n) is 2.09. The smallest absolute Gasteiger partial charge is 0.338 e. The van der Waals surface area contributed by atoms with Crippen LogP contribution >= 0.6 is 0 Å². The molecule has 130 valence electrons. The maximum Gasteiger partial charge on any atom is 0.338 e. The molecule has 0 aliphatic rings. The zero-order valence-corrected chi connectivity index (χ0v) is 14.3. The molecule has 2 heterocycles. The van der Waals surface area contributed by atoms with Crippen molar-refractivity contribution in [2.45, 2.75) is 12.1 Å². The first-order chi connectivity index (χ1) is 11.9. The lowest BCUT2D eigenvalue weighted by Crippen LogP contribution is -2.10. The van der Waals surface area contributed by atoms with Gasteiger partial charge < -0.3 is 10.1 Å². The van der Waals surface area contributed by atoms with Crippen molar-refractivity contribution in [3.63, 3.8) is 0 Å². The molecule has 3 aromatic rings. The number of hydrogen-bond donors (Lipinski definition) is 1. The quantitative estimate of drug-likeness (QED) is 0.679. The van der Waals surface area contributed by atoms with Gasteiger partial charge in [-0.25, -0.2) is 22.7 Å². The van der Waals surface area contributed by atoms with E-state index < -0.39 is 15.8 Å². The lowest BCUT2D eigenvalue weighted by Gasteiger charge is -2.09. The number of anilines is 2. The van der Waals surface area contributed by atoms with Gasteiger partial charge in [-0.1, -0.05) is 0 Å². The SMILES string of the molecule is CCOC(=O)c1ccc(Nc2nc(S(C)(=O)=O)nn3ccnc23)cc1. The molecule has 0 amide bonds. The van der Waals surface area contributed by atoms with E-state index in [0.29, 0.717) is 23.5 Å². The topological polar surface area (TPSA) is 116 Å². The number of esters is 1. The van der Waals surface area contributed by atoms with E-state index in [1.54, 1.807) is 31.2 Å². The lowest BCUT2D eigenvalue weighted by molar-refractivity contribution is 0.0526. The largest absolute Gasteiger partial charge is 0.462 e. The van der Waals surface area contributed by atoms with Gasteiger partial charge in [0.15, 0.2) is 11.5 Å². The summed E-state index contributed by atoms with van der Waals surface area (Å²) in [7, 11) is -3.58. The number of ether oxygens (including phenoxy) is 1. The van der Waals surface area contributed by atoms with Gasteiger partial charge in [0.25, 0.3) is 5.16 Å². The van der Waals surface area contributed by atoms with Crippen molar-refractivity contribution in [2.24, 2.45) is 0 Å². The van der Waals surface area contributed by atoms with Gasteiger partial charge in [-0.15, -0.1) is 5.10 Å². The Hall–Kier alpha value is -3.01. The Morgan fingerprint density at radius 2 is 2.00 bits per heavy atom. The second-order valence-corrected chi connectivity index (χ2v) is 7.04. The Morgan fingerprint density at radius 3 is 2.64 bits per heavy atom. The van der Waals surface area contributed by atoms with Gasteiger partial charge >= 0.3 is 5.97 Å². The van der Waals surface area contributed by atoms with Gasteiger partial charge in [0.05, 0.1) is 12.2 Å². The lowest BCUT2D eigenvalue weighted by atomic mass is 10.2. The minimum absolute atomic E-state index is 0.240. The molecule has 1 aromatic carbocycles. The highest BCUT2D eigenvalue weighted by molar-refractivity contribution is 7.90. The molecule has 2 aromatic heterocycles. The first kappa shape index (κ1) is 16.8. The van der Waals surface area contributed by atoms with Crippen LogP contribution in [0.5, 0.6) is 0 Å². The van der Waals surface area contributed by atoms with E-state index in [-0.39, 0.29) is 11.0 Å². The van der Waals surface area contributed by atoms with Crippen LogP contribution in [0, 0.1) is 0 Å². The maximum atomic E-state index is 11.7. The van der Waals surface area contributed by atoms with Crippen LogP contribution in [0.1, 0.15) is 17.3 Å². The predicted molar refractivity (Wildman–Crippen MR) is 89.6 cm³/mol. The minimum atomic E-state index is -3.58. The third kappa shape index (κ3) is 3.58. The zero-order chi connectivity index (χ0) is 18.0. The number of sulfone groups is 1. The molecule has 9 nitrogen and oxygen atoms in total. The van der Waals surface area contributed by atoms with Gasteiger partial charge in [0, 0.05) is 24.3 Å². The average molecular weight is 361 g/mol. The normalized spacial score (nSPS) is 11.4. The van der Waals surface area contributed by atoms with Gasteiger partial charge in [-0.05, 0) is 31.2 Å². The van der Waals surface area contributed by atoms with Crippen molar-refractivity contribution in [3.8, 4) is 0 Å². The molecule has 0 bridgehead atoms. The first-order valence-electron chi connectivity index (χ1n) is 7.34. The van der Waals surface area contributed by atoms with Crippen molar-refractivity contribution < 1.29 is 17.9 Å². The number of rotatable bonds is 5. The Balaban J connectivity index is 1.95. The fourth-order valence-corrected chi connectivity index (χ4v) is 2.58. The predicted octanol–water partition coefficient (Wildman–Crippen LogP) is 1.45. The standard InChI is InChI=1S/C15H15N5O4S/c1-3-24-14(21)10-4-6-11(7-5-10)17-12-13-16-8-9-20(13)19-15(18-12)25(2,22)23/h4-9H,3H2,1-2H3,(H,17,18,19). The van der Waals surface area contributed by atoms with Gasteiger partial charge in [-0.3, -0.25) is 0 Å². The van der Waals surface area contributed by atoms with Crippen molar-refractivity contribution in [1.82, 2.24) is 19.6 Å². The third-order valence-electron chi connectivity index (χ3n) is 3.22. The van der Waals surface area contributed by atoms with Crippen LogP contribution in [-0.4, -0.2) is 46.8 Å². The summed E-state index contributed by atoms with van der Waals surface area (Å²) in [5.41, 5.74) is 1.40. The molecule has 0 saturated heterocycles. The molecule has 0 fully saturated rings. The molecule has 0 aliphatic heterocycles. The van der Waals surface area contributed by atoms with E-state index >= 15 is 0 Å². The van der Waals surface area contributed by atoms with Crippen LogP contribution < -0.4 is 5.32 Å². The van der Waals surface area contributed by atoms with E-state index in [2.05, 4.69) is 20.4 Å². The molecule has 25 heavy (non-hydrogen) atoms. The summed E-state index contributed by atoms with van der Waals surface area (Å²) in [5.74, 6) is -0.171. The van der Waals surface area contributed by atoms with Crippen LogP contribution in [0.15, 0.2) is 41.8 Å². The van der Waals surface area contributed by atoms with Gasteiger partial charge in [0.1, 0.15) is 0 Å². The molecule has 0 radical (unpaired) electrons. The van der Waals surface area contributed by atoms with E-state index in [4.69, 9.17) is 4.74 Å². The molecular formula is C15H15N5O4S. The maximum absolute atomic E-state index is 11.7. The summed E-state index contributed by atoms with van der Waals surface area (Å²) in [6, 6.07) is 6.52. The van der Waals surface area contributed by atoms with Crippen LogP contribution in [-0.2, 0) is 14.6 Å². The highest BCUT2D eigenvalue weighted by atomic mass is 32.2. The average Bonchev–Trinajstić information content (AvgIpc) is 3.04. The number of carbonyl (C=O) groups is 1. The minimum Gasteiger partial charge on any atom is -0.462 e. The van der Waals surface area contributed by atoms with Crippen molar-refractivity contribution in [3.05, 3.63) is 42.2 Å². The molecule has 0 unspecified atom stereocenters. The van der Waals surface area contributed by atoms with Crippen molar-refractivity contribution in [1.29, 1.82) is 0 Å². The molecule has 1 N–H and O–H groups in total. The van der Waals surface area contributed by atoms with Gasteiger partial charge in [0.2, 0.25) is 9.84 Å². The number of nitrogens with one attached hydrogen (secondary N) is 1. The van der Waals surface area contributed by atoms with Gasteiger partial charge in [-0.2, -0.15) is 4.98 Å². The summed E-state index contributed by atoms with van der Waals surface area (Å²) in [6.07, 6.45) is 4.05. The fraction of sp³-hybridized carbons (Fsp3) is 0.200. The highest BCUT2D eigenvalue weighted by Crippen LogP contribution is 2.20. The molecule has 0 spiro atoms. The molecular weight excluding hydrogens is 346 g/mol. The summed E-state index contributed by atoms with van der Waals surface area (Å²) in [5, 5.41) is 6.60. The summed E-state index contributed by atoms with van der Waals surface area (Å²) in [6.45, 7) is 2.03. The summed E-state index contributed by atoms with van der Waals surface area (Å²) < 4.78 is 29.8. The molecule has 0 atom stereocenters. The van der Waals surface area contributed by atoms with Crippen LogP contribution in [0.4, 0.5) is 11.5 Å². The van der Waals surface area contributed by atoms with Crippen LogP contribution in [0.2, 0.25) is 0 Å². The second kappa shape index (κ2) is 6.48. The van der Waals surface area contributed by atoms with E-state index in [1.807, 2.05) is 0 Å². The number of fused-ring (bicyclic) bond motifs is 1. The van der Waals surface area contributed by atoms with Crippen molar-refractivity contribution >= 4 is 33.0 Å². The highest BCUT2D eigenvalue weighted by Gasteiger charge is 2.17. The number of hydrogen-bond acceptors (Lipinski definition) is 8. The number of imidazole rings is 1.